The molecule has 0 radical (unpaired) electrons. The molecule has 0 fully saturated rings. The van der Waals surface area contributed by atoms with Crippen molar-refractivity contribution in [2.24, 2.45) is 5.73 Å². The number of primary amides is 1. The molecule has 0 bridgehead atoms. The number of rotatable bonds is 15. The highest BCUT2D eigenvalue weighted by Gasteiger charge is 2.21. The van der Waals surface area contributed by atoms with Crippen molar-refractivity contribution in [3.05, 3.63) is 132 Å². The van der Waals surface area contributed by atoms with Crippen molar-refractivity contribution in [1.29, 1.82) is 0 Å². The van der Waals surface area contributed by atoms with Crippen molar-refractivity contribution in [3.8, 4) is 28.6 Å². The third-order valence-corrected chi connectivity index (χ3v) is 7.14. The number of imidazole rings is 1. The van der Waals surface area contributed by atoms with E-state index in [9.17, 15) is 9.90 Å². The van der Waals surface area contributed by atoms with Crippen molar-refractivity contribution in [2.45, 2.75) is 45.3 Å². The SMILES string of the molecule is Cc1c[nH]c(-c2ccc(OC(NCC(Cc3ccccc3)Oc3ccc(OCc4ccccc4)c(C(N)=O)c3)C(C)O)cc2)n1. The van der Waals surface area contributed by atoms with E-state index in [1.165, 1.54) is 0 Å². The first-order valence-electron chi connectivity index (χ1n) is 14.9. The Kier molecular flexibility index (Phi) is 10.5. The van der Waals surface area contributed by atoms with E-state index in [0.29, 0.717) is 36.8 Å². The van der Waals surface area contributed by atoms with Gasteiger partial charge in [-0.25, -0.2) is 4.98 Å². The van der Waals surface area contributed by atoms with Crippen molar-refractivity contribution < 1.29 is 24.1 Å². The molecule has 9 nitrogen and oxygen atoms in total. The predicted octanol–water partition coefficient (Wildman–Crippen LogP) is 5.43. The highest BCUT2D eigenvalue weighted by Crippen LogP contribution is 2.26. The molecule has 45 heavy (non-hydrogen) atoms. The zero-order valence-corrected chi connectivity index (χ0v) is 25.4. The fourth-order valence-electron chi connectivity index (χ4n) is 4.82. The van der Waals surface area contributed by atoms with Crippen LogP contribution in [0.2, 0.25) is 0 Å². The van der Waals surface area contributed by atoms with Crippen LogP contribution in [0.3, 0.4) is 0 Å². The Labute approximate surface area is 263 Å². The normalized spacial score (nSPS) is 13.0. The average Bonchev–Trinajstić information content (AvgIpc) is 3.49. The number of nitrogens with one attached hydrogen (secondary N) is 2. The monoisotopic (exact) mass is 606 g/mol. The molecule has 1 aromatic heterocycles. The van der Waals surface area contributed by atoms with Crippen LogP contribution in [0.4, 0.5) is 0 Å². The van der Waals surface area contributed by atoms with Gasteiger partial charge in [0.15, 0.2) is 6.23 Å². The van der Waals surface area contributed by atoms with Gasteiger partial charge in [0.25, 0.3) is 5.91 Å². The number of nitrogens with zero attached hydrogens (tertiary/aromatic N) is 1. The smallest absolute Gasteiger partial charge is 0.252 e. The first-order chi connectivity index (χ1) is 21.8. The summed E-state index contributed by atoms with van der Waals surface area (Å²) in [5.74, 6) is 1.61. The van der Waals surface area contributed by atoms with Crippen LogP contribution < -0.4 is 25.3 Å². The first kappa shape index (κ1) is 31.3. The minimum Gasteiger partial charge on any atom is -0.489 e. The molecule has 0 aliphatic carbocycles. The maximum atomic E-state index is 12.4. The van der Waals surface area contributed by atoms with Gasteiger partial charge < -0.3 is 30.0 Å². The molecule has 1 heterocycles. The second kappa shape index (κ2) is 15.1. The number of H-pyrrole nitrogens is 1. The van der Waals surface area contributed by atoms with Gasteiger partial charge in [-0.05, 0) is 67.4 Å². The quantitative estimate of drug-likeness (QED) is 0.117. The minimum absolute atomic E-state index is 0.230. The zero-order valence-electron chi connectivity index (χ0n) is 25.4. The molecule has 5 rings (SSSR count). The molecule has 0 spiro atoms. The number of aliphatic hydroxyl groups excluding tert-OH is 1. The van der Waals surface area contributed by atoms with E-state index in [-0.39, 0.29) is 11.7 Å². The molecule has 5 aromatic rings. The molecule has 3 unspecified atom stereocenters. The summed E-state index contributed by atoms with van der Waals surface area (Å²) in [4.78, 5) is 20.0. The van der Waals surface area contributed by atoms with Gasteiger partial charge in [-0.3, -0.25) is 10.1 Å². The number of amides is 1. The molecule has 0 saturated heterocycles. The topological polar surface area (TPSA) is 132 Å². The van der Waals surface area contributed by atoms with Gasteiger partial charge in [0.2, 0.25) is 0 Å². The summed E-state index contributed by atoms with van der Waals surface area (Å²) in [7, 11) is 0. The van der Waals surface area contributed by atoms with E-state index in [0.717, 1.165) is 28.2 Å². The fraction of sp³-hybridized carbons (Fsp3) is 0.222. The fourth-order valence-corrected chi connectivity index (χ4v) is 4.82. The summed E-state index contributed by atoms with van der Waals surface area (Å²) in [6, 6.07) is 32.2. The van der Waals surface area contributed by atoms with Crippen molar-refractivity contribution >= 4 is 5.91 Å². The van der Waals surface area contributed by atoms with Gasteiger partial charge in [-0.1, -0.05) is 60.7 Å². The number of aliphatic hydroxyl groups is 1. The third kappa shape index (κ3) is 8.95. The molecule has 9 heteroatoms. The van der Waals surface area contributed by atoms with Gasteiger partial charge in [-0.2, -0.15) is 0 Å². The lowest BCUT2D eigenvalue weighted by Gasteiger charge is -2.27. The van der Waals surface area contributed by atoms with Crippen LogP contribution in [-0.4, -0.2) is 46.0 Å². The van der Waals surface area contributed by atoms with E-state index in [1.54, 1.807) is 25.1 Å². The van der Waals surface area contributed by atoms with Crippen LogP contribution in [0, 0.1) is 6.92 Å². The number of benzene rings is 4. The second-order valence-electron chi connectivity index (χ2n) is 10.8. The Morgan fingerprint density at radius 1 is 0.911 bits per heavy atom. The van der Waals surface area contributed by atoms with Crippen molar-refractivity contribution in [2.75, 3.05) is 6.54 Å². The van der Waals surface area contributed by atoms with Crippen LogP contribution in [0.1, 0.15) is 34.1 Å². The highest BCUT2D eigenvalue weighted by molar-refractivity contribution is 5.96. The summed E-state index contributed by atoms with van der Waals surface area (Å²) >= 11 is 0. The lowest BCUT2D eigenvalue weighted by Crippen LogP contribution is -2.47. The van der Waals surface area contributed by atoms with E-state index >= 15 is 0 Å². The number of ether oxygens (including phenoxy) is 3. The molecule has 4 aromatic carbocycles. The Bertz CT molecular complexity index is 1660. The van der Waals surface area contributed by atoms with Crippen molar-refractivity contribution in [3.63, 3.8) is 0 Å². The Morgan fingerprint density at radius 3 is 2.20 bits per heavy atom. The summed E-state index contributed by atoms with van der Waals surface area (Å²) < 4.78 is 18.4. The van der Waals surface area contributed by atoms with E-state index in [1.807, 2.05) is 98.0 Å². The molecular formula is C36H38N4O5. The van der Waals surface area contributed by atoms with Crippen LogP contribution >= 0.6 is 0 Å². The number of aromatic nitrogens is 2. The van der Waals surface area contributed by atoms with Gasteiger partial charge in [0.05, 0.1) is 11.3 Å². The maximum absolute atomic E-state index is 12.4. The Balaban J connectivity index is 1.28. The summed E-state index contributed by atoms with van der Waals surface area (Å²) in [5.41, 5.74) is 9.83. The minimum atomic E-state index is -0.822. The number of nitrogens with two attached hydrogens (primary N) is 1. The molecular weight excluding hydrogens is 568 g/mol. The maximum Gasteiger partial charge on any atom is 0.252 e. The standard InChI is InChI=1S/C36H38N4O5/c1-24-21-38-35(40-24)28-13-15-29(16-14-28)45-36(25(2)41)39-22-31(19-26-9-5-3-6-10-26)44-30-17-18-33(32(20-30)34(37)42)43-23-27-11-7-4-8-12-27/h3-18,20-21,25,31,36,39,41H,19,22-23H2,1-2H3,(H2,37,42)(H,38,40). The number of hydrogen-bond donors (Lipinski definition) is 4. The summed E-state index contributed by atoms with van der Waals surface area (Å²) in [5, 5.41) is 13.9. The summed E-state index contributed by atoms with van der Waals surface area (Å²) in [6.45, 7) is 4.23. The van der Waals surface area contributed by atoms with Gasteiger partial charge >= 0.3 is 0 Å². The van der Waals surface area contributed by atoms with E-state index < -0.39 is 18.2 Å². The molecule has 0 aliphatic rings. The lowest BCUT2D eigenvalue weighted by atomic mass is 10.1. The van der Waals surface area contributed by atoms with Crippen LogP contribution in [0.15, 0.2) is 109 Å². The highest BCUT2D eigenvalue weighted by atomic mass is 16.5. The van der Waals surface area contributed by atoms with Gasteiger partial charge in [-0.15, -0.1) is 0 Å². The number of carbonyl (C=O) groups excluding carboxylic acids is 1. The molecule has 0 aliphatic heterocycles. The van der Waals surface area contributed by atoms with E-state index in [2.05, 4.69) is 15.3 Å². The van der Waals surface area contributed by atoms with Gasteiger partial charge in [0, 0.05) is 24.7 Å². The number of aryl methyl sites for hydroxylation is 1. The zero-order chi connectivity index (χ0) is 31.6. The summed E-state index contributed by atoms with van der Waals surface area (Å²) in [6.07, 6.45) is 0.508. The number of carbonyl (C=O) groups is 1. The Hall–Kier alpha value is -5.12. The molecule has 1 amide bonds. The number of aromatic amines is 1. The molecule has 3 atom stereocenters. The van der Waals surface area contributed by atoms with Crippen LogP contribution in [-0.2, 0) is 13.0 Å². The average molecular weight is 607 g/mol. The molecule has 5 N–H and O–H groups in total. The predicted molar refractivity (Wildman–Crippen MR) is 173 cm³/mol. The molecule has 0 saturated carbocycles. The Morgan fingerprint density at radius 2 is 1.58 bits per heavy atom. The second-order valence-corrected chi connectivity index (χ2v) is 10.8. The van der Waals surface area contributed by atoms with Crippen LogP contribution in [0.25, 0.3) is 11.4 Å². The van der Waals surface area contributed by atoms with E-state index in [4.69, 9.17) is 19.9 Å². The van der Waals surface area contributed by atoms with Crippen LogP contribution in [0.5, 0.6) is 17.2 Å². The largest absolute Gasteiger partial charge is 0.489 e. The first-order valence-corrected chi connectivity index (χ1v) is 14.9. The lowest BCUT2D eigenvalue weighted by molar-refractivity contribution is 0.0201. The molecule has 232 valence electrons. The third-order valence-electron chi connectivity index (χ3n) is 7.14. The van der Waals surface area contributed by atoms with Crippen molar-refractivity contribution in [1.82, 2.24) is 15.3 Å². The number of hydrogen-bond acceptors (Lipinski definition) is 7. The van der Waals surface area contributed by atoms with Gasteiger partial charge in [0.1, 0.15) is 41.9 Å².